The van der Waals surface area contributed by atoms with E-state index in [2.05, 4.69) is 25.3 Å². The zero-order valence-corrected chi connectivity index (χ0v) is 18.0. The molecule has 0 radical (unpaired) electrons. The number of hydrogen-bond donors (Lipinski definition) is 4. The van der Waals surface area contributed by atoms with Crippen molar-refractivity contribution in [2.24, 2.45) is 0 Å². The number of nitrogens with one attached hydrogen (secondary N) is 2. The summed E-state index contributed by atoms with van der Waals surface area (Å²) in [6, 6.07) is 13.1. The van der Waals surface area contributed by atoms with Gasteiger partial charge in [-0.15, -0.1) is 0 Å². The molecule has 0 aliphatic heterocycles. The van der Waals surface area contributed by atoms with E-state index in [1.165, 1.54) is 13.4 Å². The van der Waals surface area contributed by atoms with E-state index >= 15 is 0 Å². The van der Waals surface area contributed by atoms with Gasteiger partial charge in [-0.3, -0.25) is 4.55 Å². The topological polar surface area (TPSA) is 144 Å². The maximum absolute atomic E-state index is 11.5. The molecule has 2 aromatic heterocycles. The van der Waals surface area contributed by atoms with Gasteiger partial charge in [-0.05, 0) is 23.6 Å². The zero-order chi connectivity index (χ0) is 22.5. The molecule has 2 aromatic carbocycles. The number of aliphatic hydroxyl groups is 1. The van der Waals surface area contributed by atoms with Crippen LogP contribution in [-0.4, -0.2) is 67.6 Å². The number of nitrogens with zero attached hydrogens (tertiary/aromatic N) is 4. The second-order valence-electron chi connectivity index (χ2n) is 7.97. The maximum Gasteiger partial charge on any atom is 0.335 e. The molecule has 4 N–H and O–H groups in total. The summed E-state index contributed by atoms with van der Waals surface area (Å²) in [5.74, 6) is 1.18. The molecule has 0 bridgehead atoms. The highest BCUT2D eigenvalue weighted by Crippen LogP contribution is 2.31. The monoisotopic (exact) mass is 454 g/mol. The predicted molar refractivity (Wildman–Crippen MR) is 120 cm³/mol. The molecule has 2 heterocycles. The van der Waals surface area contributed by atoms with Crippen molar-refractivity contribution in [3.63, 3.8) is 0 Å². The van der Waals surface area contributed by atoms with Gasteiger partial charge in [-0.25, -0.2) is 15.0 Å². The van der Waals surface area contributed by atoms with Crippen LogP contribution in [0.1, 0.15) is 12.8 Å². The van der Waals surface area contributed by atoms with Crippen molar-refractivity contribution in [2.75, 3.05) is 12.4 Å². The lowest BCUT2D eigenvalue weighted by Crippen LogP contribution is -2.41. The lowest BCUT2D eigenvalue weighted by atomic mass is 10.0. The average Bonchev–Trinajstić information content (AvgIpc) is 3.36. The Morgan fingerprint density at radius 1 is 1.12 bits per heavy atom. The Hall–Kier alpha value is -3.12. The first-order valence-electron chi connectivity index (χ1n) is 10.1. The Morgan fingerprint density at radius 3 is 2.72 bits per heavy atom. The predicted octanol–water partition coefficient (Wildman–Crippen LogP) is 2.21. The number of aliphatic hydroxyl groups excluding tert-OH is 1. The molecule has 1 saturated carbocycles. The molecule has 0 amide bonds. The second-order valence-corrected chi connectivity index (χ2v) is 9.45. The van der Waals surface area contributed by atoms with Crippen LogP contribution in [0.5, 0.6) is 0 Å². The molecule has 3 atom stereocenters. The van der Waals surface area contributed by atoms with Crippen molar-refractivity contribution in [2.45, 2.75) is 31.0 Å². The third-order valence-corrected chi connectivity index (χ3v) is 7.00. The molecule has 5 rings (SSSR count). The number of aromatic amines is 1. The lowest BCUT2D eigenvalue weighted by Gasteiger charge is -2.23. The van der Waals surface area contributed by atoms with Crippen molar-refractivity contribution >= 4 is 38.1 Å². The second kappa shape index (κ2) is 7.78. The fourth-order valence-corrected chi connectivity index (χ4v) is 4.93. The van der Waals surface area contributed by atoms with Crippen LogP contribution in [0.4, 0.5) is 5.82 Å². The van der Waals surface area contributed by atoms with Crippen LogP contribution in [0.3, 0.4) is 0 Å². The number of rotatable bonds is 5. The van der Waals surface area contributed by atoms with E-state index in [9.17, 15) is 18.1 Å². The zero-order valence-electron chi connectivity index (χ0n) is 17.2. The Morgan fingerprint density at radius 2 is 1.91 bits per heavy atom. The highest BCUT2D eigenvalue weighted by Gasteiger charge is 2.39. The van der Waals surface area contributed by atoms with Gasteiger partial charge in [0.05, 0.1) is 12.1 Å². The van der Waals surface area contributed by atoms with Crippen LogP contribution >= 0.6 is 0 Å². The molecule has 32 heavy (non-hydrogen) atoms. The van der Waals surface area contributed by atoms with Crippen LogP contribution < -0.4 is 5.32 Å². The number of likely N-dealkylation sites (N-methyl/N-ethyl adjacent to an activating group) is 1. The van der Waals surface area contributed by atoms with E-state index in [0.29, 0.717) is 35.6 Å². The first kappa shape index (κ1) is 20.8. The summed E-state index contributed by atoms with van der Waals surface area (Å²) < 4.78 is 33.0. The van der Waals surface area contributed by atoms with Crippen LogP contribution in [0, 0.1) is 0 Å². The fraction of sp³-hybridized carbons (Fsp3) is 0.286. The number of benzene rings is 2. The van der Waals surface area contributed by atoms with Gasteiger partial charge in [0.25, 0.3) is 0 Å². The van der Waals surface area contributed by atoms with Crippen LogP contribution in [-0.2, 0) is 10.3 Å². The van der Waals surface area contributed by atoms with Crippen LogP contribution in [0.15, 0.2) is 48.8 Å². The van der Waals surface area contributed by atoms with Crippen molar-refractivity contribution in [1.29, 1.82) is 0 Å². The lowest BCUT2D eigenvalue weighted by molar-refractivity contribution is 0.118. The molecule has 4 aromatic rings. The first-order valence-corrected chi connectivity index (χ1v) is 11.5. The van der Waals surface area contributed by atoms with Crippen molar-refractivity contribution in [3.8, 4) is 11.4 Å². The molecule has 11 heteroatoms. The van der Waals surface area contributed by atoms with E-state index in [1.807, 2.05) is 42.5 Å². The quantitative estimate of drug-likeness (QED) is 0.336. The Bertz CT molecular complexity index is 1400. The molecule has 0 spiro atoms. The molecular weight excluding hydrogens is 432 g/mol. The Labute approximate surface area is 184 Å². The molecule has 1 aliphatic carbocycles. The summed E-state index contributed by atoms with van der Waals surface area (Å²) in [4.78, 5) is 16.5. The molecule has 1 aliphatic rings. The minimum Gasteiger partial charge on any atom is -0.391 e. The number of fused-ring (bicyclic) bond motifs is 2. The Kier molecular flexibility index (Phi) is 5.05. The maximum atomic E-state index is 11.5. The smallest absolute Gasteiger partial charge is 0.335 e. The summed E-state index contributed by atoms with van der Waals surface area (Å²) >= 11 is 0. The van der Waals surface area contributed by atoms with E-state index in [0.717, 1.165) is 20.6 Å². The van der Waals surface area contributed by atoms with Crippen molar-refractivity contribution in [3.05, 3.63) is 48.8 Å². The van der Waals surface area contributed by atoms with Gasteiger partial charge in [0.15, 0.2) is 11.5 Å². The fourth-order valence-electron chi connectivity index (χ4n) is 4.36. The molecular formula is C21H22N6O4S. The Balaban J connectivity index is 1.46. The summed E-state index contributed by atoms with van der Waals surface area (Å²) in [6.07, 6.45) is 1.11. The molecule has 166 valence electrons. The van der Waals surface area contributed by atoms with E-state index < -0.39 is 22.4 Å². The van der Waals surface area contributed by atoms with E-state index in [-0.39, 0.29) is 6.04 Å². The molecule has 1 fully saturated rings. The molecule has 10 nitrogen and oxygen atoms in total. The number of H-pyrrole nitrogens is 1. The van der Waals surface area contributed by atoms with Crippen LogP contribution in [0.2, 0.25) is 0 Å². The number of anilines is 1. The number of aromatic nitrogens is 4. The standard InChI is InChI=1S/C21H22N6O4S/c1-27(32(29,30)31)16-9-13(10-17(16)28)24-20-18-21(23-11-22-20)26-19(25-18)15-8-4-6-12-5-2-3-7-14(12)15/h2-8,11,13,16-17,28H,9-10H2,1H3,(H,29,30,31)(H2,22,23,24,25,26)/t13-,16+,17+/m1/s1. The molecule has 0 unspecified atom stereocenters. The highest BCUT2D eigenvalue weighted by atomic mass is 32.2. The van der Waals surface area contributed by atoms with Crippen molar-refractivity contribution < 1.29 is 18.1 Å². The average molecular weight is 455 g/mol. The minimum absolute atomic E-state index is 0.249. The normalized spacial score (nSPS) is 21.6. The van der Waals surface area contributed by atoms with E-state index in [1.54, 1.807) is 0 Å². The third-order valence-electron chi connectivity index (χ3n) is 6.00. The van der Waals surface area contributed by atoms with Gasteiger partial charge in [0.2, 0.25) is 0 Å². The summed E-state index contributed by atoms with van der Waals surface area (Å²) in [6.45, 7) is 0. The first-order chi connectivity index (χ1) is 15.3. The van der Waals surface area contributed by atoms with Crippen LogP contribution in [0.25, 0.3) is 33.3 Å². The van der Waals surface area contributed by atoms with Gasteiger partial charge >= 0.3 is 10.3 Å². The molecule has 0 saturated heterocycles. The number of hydrogen-bond acceptors (Lipinski definition) is 7. The van der Waals surface area contributed by atoms with Gasteiger partial charge in [0.1, 0.15) is 17.7 Å². The van der Waals surface area contributed by atoms with Gasteiger partial charge < -0.3 is 15.4 Å². The summed E-state index contributed by atoms with van der Waals surface area (Å²) in [5.41, 5.74) is 2.06. The van der Waals surface area contributed by atoms with E-state index in [4.69, 9.17) is 0 Å². The van der Waals surface area contributed by atoms with Gasteiger partial charge in [-0.2, -0.15) is 12.7 Å². The largest absolute Gasteiger partial charge is 0.391 e. The number of imidazole rings is 1. The summed E-state index contributed by atoms with van der Waals surface area (Å²) in [7, 11) is -3.14. The SMILES string of the molecule is CN([C@H]1C[C@@H](Nc2ncnc3nc(-c4cccc5ccccc45)[nH]c23)C[C@@H]1O)S(=O)(=O)O. The summed E-state index contributed by atoms with van der Waals surface area (Å²) in [5, 5.41) is 15.8. The van der Waals surface area contributed by atoms with Gasteiger partial charge in [-0.1, -0.05) is 42.5 Å². The van der Waals surface area contributed by atoms with Gasteiger partial charge in [0, 0.05) is 18.7 Å². The minimum atomic E-state index is -4.39. The van der Waals surface area contributed by atoms with Crippen molar-refractivity contribution in [1.82, 2.24) is 24.2 Å². The third kappa shape index (κ3) is 3.69. The highest BCUT2D eigenvalue weighted by molar-refractivity contribution is 7.83.